The van der Waals surface area contributed by atoms with Gasteiger partial charge in [0.15, 0.2) is 5.13 Å². The lowest BCUT2D eigenvalue weighted by Crippen LogP contribution is -2.39. The van der Waals surface area contributed by atoms with Gasteiger partial charge in [-0.25, -0.2) is 4.98 Å². The lowest BCUT2D eigenvalue weighted by molar-refractivity contribution is 0.329. The van der Waals surface area contributed by atoms with E-state index in [0.717, 1.165) is 17.4 Å². The van der Waals surface area contributed by atoms with E-state index in [-0.39, 0.29) is 5.41 Å². The Kier molecular flexibility index (Phi) is 5.39. The largest absolute Gasteiger partial charge is 0.348 e. The predicted octanol–water partition coefficient (Wildman–Crippen LogP) is 3.82. The van der Waals surface area contributed by atoms with Gasteiger partial charge in [-0.15, -0.1) is 11.3 Å². The molecule has 0 aromatic carbocycles. The fourth-order valence-corrected chi connectivity index (χ4v) is 2.82. The Morgan fingerprint density at radius 3 is 2.32 bits per heavy atom. The molecular formula is C15H29N3S. The van der Waals surface area contributed by atoms with Crippen LogP contribution in [0, 0.1) is 12.3 Å². The number of hydrogen-bond acceptors (Lipinski definition) is 4. The summed E-state index contributed by atoms with van der Waals surface area (Å²) in [6, 6.07) is 0.972. The van der Waals surface area contributed by atoms with Crippen LogP contribution in [0.5, 0.6) is 0 Å². The van der Waals surface area contributed by atoms with Gasteiger partial charge in [0.1, 0.15) is 0 Å². The SMILES string of the molecule is Cc1nc(N(C)C(C)C(C)(C)C)sc1CNC(C)C. The molecular weight excluding hydrogens is 254 g/mol. The molecule has 0 aliphatic carbocycles. The second kappa shape index (κ2) is 6.23. The molecule has 0 saturated carbocycles. The van der Waals surface area contributed by atoms with Crippen LogP contribution in [0.2, 0.25) is 0 Å². The van der Waals surface area contributed by atoms with E-state index in [1.807, 2.05) is 0 Å². The van der Waals surface area contributed by atoms with Crippen molar-refractivity contribution in [2.24, 2.45) is 5.41 Å². The quantitative estimate of drug-likeness (QED) is 0.890. The molecule has 0 aliphatic rings. The summed E-state index contributed by atoms with van der Waals surface area (Å²) in [6.45, 7) is 16.5. The van der Waals surface area contributed by atoms with Crippen LogP contribution in [0.15, 0.2) is 0 Å². The molecule has 110 valence electrons. The van der Waals surface area contributed by atoms with Crippen molar-refractivity contribution < 1.29 is 0 Å². The molecule has 1 aromatic heterocycles. The first-order valence-electron chi connectivity index (χ1n) is 7.05. The van der Waals surface area contributed by atoms with Crippen molar-refractivity contribution in [3.05, 3.63) is 10.6 Å². The summed E-state index contributed by atoms with van der Waals surface area (Å²) in [5.74, 6) is 0. The van der Waals surface area contributed by atoms with Crippen LogP contribution < -0.4 is 10.2 Å². The number of aryl methyl sites for hydroxylation is 1. The summed E-state index contributed by atoms with van der Waals surface area (Å²) >= 11 is 1.81. The normalized spacial score (nSPS) is 13.9. The molecule has 1 N–H and O–H groups in total. The molecule has 1 rings (SSSR count). The molecule has 0 saturated heterocycles. The van der Waals surface area contributed by atoms with E-state index in [1.54, 1.807) is 11.3 Å². The monoisotopic (exact) mass is 283 g/mol. The summed E-state index contributed by atoms with van der Waals surface area (Å²) in [7, 11) is 2.15. The van der Waals surface area contributed by atoms with Crippen LogP contribution in [0.4, 0.5) is 5.13 Å². The van der Waals surface area contributed by atoms with Gasteiger partial charge in [0.25, 0.3) is 0 Å². The Balaban J connectivity index is 2.82. The van der Waals surface area contributed by atoms with E-state index in [4.69, 9.17) is 4.98 Å². The van der Waals surface area contributed by atoms with Crippen LogP contribution in [0.1, 0.15) is 52.1 Å². The van der Waals surface area contributed by atoms with Crippen LogP contribution in [-0.4, -0.2) is 24.1 Å². The second-order valence-electron chi connectivity index (χ2n) is 6.69. The standard InChI is InChI=1S/C15H29N3S/c1-10(2)16-9-13-11(3)17-14(19-13)18(8)12(4)15(5,6)7/h10,12,16H,9H2,1-8H3. The highest BCUT2D eigenvalue weighted by Crippen LogP contribution is 2.31. The van der Waals surface area contributed by atoms with Gasteiger partial charge in [0.05, 0.1) is 5.69 Å². The fraction of sp³-hybridized carbons (Fsp3) is 0.800. The molecule has 4 heteroatoms. The van der Waals surface area contributed by atoms with Crippen molar-refractivity contribution in [1.29, 1.82) is 0 Å². The van der Waals surface area contributed by atoms with Crippen molar-refractivity contribution in [3.8, 4) is 0 Å². The third-order valence-electron chi connectivity index (χ3n) is 3.69. The van der Waals surface area contributed by atoms with Crippen LogP contribution in [0.25, 0.3) is 0 Å². The van der Waals surface area contributed by atoms with Crippen molar-refractivity contribution in [1.82, 2.24) is 10.3 Å². The first-order chi connectivity index (χ1) is 8.62. The van der Waals surface area contributed by atoms with E-state index in [1.165, 1.54) is 4.88 Å². The molecule has 1 atom stereocenters. The highest BCUT2D eigenvalue weighted by atomic mass is 32.1. The summed E-state index contributed by atoms with van der Waals surface area (Å²) in [5.41, 5.74) is 1.41. The highest BCUT2D eigenvalue weighted by Gasteiger charge is 2.26. The Morgan fingerprint density at radius 1 is 1.26 bits per heavy atom. The number of anilines is 1. The minimum absolute atomic E-state index is 0.255. The predicted molar refractivity (Wildman–Crippen MR) is 86.1 cm³/mol. The van der Waals surface area contributed by atoms with Gasteiger partial charge in [-0.05, 0) is 19.3 Å². The zero-order valence-electron chi connectivity index (χ0n) is 13.7. The van der Waals surface area contributed by atoms with E-state index < -0.39 is 0 Å². The lowest BCUT2D eigenvalue weighted by atomic mass is 9.87. The minimum Gasteiger partial charge on any atom is -0.348 e. The zero-order valence-corrected chi connectivity index (χ0v) is 14.5. The molecule has 19 heavy (non-hydrogen) atoms. The number of rotatable bonds is 5. The first kappa shape index (κ1) is 16.4. The smallest absolute Gasteiger partial charge is 0.185 e. The maximum absolute atomic E-state index is 4.73. The molecule has 0 fully saturated rings. The second-order valence-corrected chi connectivity index (χ2v) is 7.76. The number of nitrogens with zero attached hydrogens (tertiary/aromatic N) is 2. The Labute approximate surface area is 122 Å². The summed E-state index contributed by atoms with van der Waals surface area (Å²) in [4.78, 5) is 8.37. The van der Waals surface area contributed by atoms with Crippen molar-refractivity contribution >= 4 is 16.5 Å². The number of hydrogen-bond donors (Lipinski definition) is 1. The van der Waals surface area contributed by atoms with Gasteiger partial charge in [-0.3, -0.25) is 0 Å². The van der Waals surface area contributed by atoms with Gasteiger partial charge < -0.3 is 10.2 Å². The van der Waals surface area contributed by atoms with E-state index in [2.05, 4.69) is 65.7 Å². The molecule has 0 radical (unpaired) electrons. The van der Waals surface area contributed by atoms with Crippen LogP contribution in [0.3, 0.4) is 0 Å². The average Bonchev–Trinajstić information content (AvgIpc) is 2.64. The number of aromatic nitrogens is 1. The Morgan fingerprint density at radius 2 is 1.84 bits per heavy atom. The van der Waals surface area contributed by atoms with E-state index in [9.17, 15) is 0 Å². The minimum atomic E-state index is 0.255. The molecule has 3 nitrogen and oxygen atoms in total. The summed E-state index contributed by atoms with van der Waals surface area (Å²) < 4.78 is 0. The number of nitrogens with one attached hydrogen (secondary N) is 1. The third kappa shape index (κ3) is 4.46. The molecule has 1 heterocycles. The van der Waals surface area contributed by atoms with E-state index in [0.29, 0.717) is 12.1 Å². The van der Waals surface area contributed by atoms with Crippen molar-refractivity contribution in [3.63, 3.8) is 0 Å². The van der Waals surface area contributed by atoms with Crippen molar-refractivity contribution in [2.75, 3.05) is 11.9 Å². The topological polar surface area (TPSA) is 28.2 Å². The van der Waals surface area contributed by atoms with Crippen molar-refractivity contribution in [2.45, 2.75) is 67.1 Å². The van der Waals surface area contributed by atoms with Gasteiger partial charge in [-0.2, -0.15) is 0 Å². The molecule has 1 unspecified atom stereocenters. The summed E-state index contributed by atoms with van der Waals surface area (Å²) in [5, 5.41) is 4.59. The van der Waals surface area contributed by atoms with Crippen LogP contribution >= 0.6 is 11.3 Å². The van der Waals surface area contributed by atoms with Gasteiger partial charge in [0.2, 0.25) is 0 Å². The van der Waals surface area contributed by atoms with Gasteiger partial charge in [-0.1, -0.05) is 34.6 Å². The molecule has 1 aromatic rings. The Bertz CT molecular complexity index is 404. The molecule has 0 aliphatic heterocycles. The van der Waals surface area contributed by atoms with E-state index >= 15 is 0 Å². The maximum Gasteiger partial charge on any atom is 0.185 e. The van der Waals surface area contributed by atoms with Crippen LogP contribution in [-0.2, 0) is 6.54 Å². The average molecular weight is 283 g/mol. The maximum atomic E-state index is 4.73. The third-order valence-corrected chi connectivity index (χ3v) is 4.94. The number of thiazole rings is 1. The molecule has 0 bridgehead atoms. The van der Waals surface area contributed by atoms with Gasteiger partial charge in [0, 0.05) is 30.6 Å². The van der Waals surface area contributed by atoms with Gasteiger partial charge >= 0.3 is 0 Å². The molecule has 0 amide bonds. The zero-order chi connectivity index (χ0) is 14.8. The molecule has 0 spiro atoms. The fourth-order valence-electron chi connectivity index (χ4n) is 1.77. The highest BCUT2D eigenvalue weighted by molar-refractivity contribution is 7.15. The Hall–Kier alpha value is -0.610. The summed E-state index contributed by atoms with van der Waals surface area (Å²) in [6.07, 6.45) is 0. The lowest BCUT2D eigenvalue weighted by Gasteiger charge is -2.35. The first-order valence-corrected chi connectivity index (χ1v) is 7.87.